The SMILES string of the molecule is CC1=CCCCC1NC(=O)NCCF. The zero-order valence-corrected chi connectivity index (χ0v) is 8.48. The summed E-state index contributed by atoms with van der Waals surface area (Å²) in [6.45, 7) is 1.58. The number of nitrogens with one attached hydrogen (secondary N) is 2. The third-order valence-corrected chi connectivity index (χ3v) is 2.40. The van der Waals surface area contributed by atoms with Gasteiger partial charge in [0.05, 0.1) is 6.04 Å². The fraction of sp³-hybridized carbons (Fsp3) is 0.700. The maximum atomic E-state index is 11.8. The van der Waals surface area contributed by atoms with Gasteiger partial charge in [-0.1, -0.05) is 11.6 Å². The molecule has 0 aromatic carbocycles. The van der Waals surface area contributed by atoms with Crippen LogP contribution >= 0.6 is 0 Å². The summed E-state index contributed by atoms with van der Waals surface area (Å²) in [5.41, 5.74) is 1.20. The number of alkyl halides is 1. The van der Waals surface area contributed by atoms with Crippen molar-refractivity contribution in [1.82, 2.24) is 10.6 Å². The van der Waals surface area contributed by atoms with Gasteiger partial charge in [-0.25, -0.2) is 9.18 Å². The summed E-state index contributed by atoms with van der Waals surface area (Å²) in [5.74, 6) is 0. The van der Waals surface area contributed by atoms with E-state index < -0.39 is 6.67 Å². The van der Waals surface area contributed by atoms with Crippen LogP contribution in [0.2, 0.25) is 0 Å². The molecule has 3 nitrogen and oxygen atoms in total. The molecule has 2 amide bonds. The molecule has 0 aromatic rings. The van der Waals surface area contributed by atoms with Crippen LogP contribution in [0, 0.1) is 0 Å². The quantitative estimate of drug-likeness (QED) is 0.669. The Morgan fingerprint density at radius 2 is 2.50 bits per heavy atom. The predicted octanol–water partition coefficient (Wildman–Crippen LogP) is 1.75. The number of rotatable bonds is 3. The number of hydrogen-bond acceptors (Lipinski definition) is 1. The number of halogens is 1. The van der Waals surface area contributed by atoms with Gasteiger partial charge in [0, 0.05) is 6.54 Å². The van der Waals surface area contributed by atoms with E-state index in [0.29, 0.717) is 0 Å². The normalized spacial score (nSPS) is 21.3. The number of amides is 2. The van der Waals surface area contributed by atoms with E-state index in [9.17, 15) is 9.18 Å². The Labute approximate surface area is 83.8 Å². The molecule has 0 bridgehead atoms. The van der Waals surface area contributed by atoms with Crippen molar-refractivity contribution in [2.45, 2.75) is 32.2 Å². The summed E-state index contributed by atoms with van der Waals surface area (Å²) < 4.78 is 11.8. The standard InChI is InChI=1S/C10H17FN2O/c1-8-4-2-3-5-9(8)13-10(14)12-7-6-11/h4,9H,2-3,5-7H2,1H3,(H2,12,13,14). The van der Waals surface area contributed by atoms with Crippen LogP contribution in [0.5, 0.6) is 0 Å². The van der Waals surface area contributed by atoms with E-state index in [1.54, 1.807) is 0 Å². The van der Waals surface area contributed by atoms with Gasteiger partial charge in [0.15, 0.2) is 0 Å². The van der Waals surface area contributed by atoms with Crippen LogP contribution in [-0.2, 0) is 0 Å². The number of allylic oxidation sites excluding steroid dienone is 1. The van der Waals surface area contributed by atoms with Gasteiger partial charge in [-0.05, 0) is 26.2 Å². The summed E-state index contributed by atoms with van der Waals surface area (Å²) in [7, 11) is 0. The highest BCUT2D eigenvalue weighted by atomic mass is 19.1. The van der Waals surface area contributed by atoms with E-state index in [-0.39, 0.29) is 18.6 Å². The summed E-state index contributed by atoms with van der Waals surface area (Å²) in [4.78, 5) is 11.2. The Kier molecular flexibility index (Phi) is 4.43. The Balaban J connectivity index is 2.32. The molecule has 0 radical (unpaired) electrons. The van der Waals surface area contributed by atoms with Gasteiger partial charge in [-0.3, -0.25) is 0 Å². The molecule has 0 heterocycles. The van der Waals surface area contributed by atoms with Crippen molar-refractivity contribution in [3.8, 4) is 0 Å². The maximum Gasteiger partial charge on any atom is 0.315 e. The largest absolute Gasteiger partial charge is 0.336 e. The average Bonchev–Trinajstić information content (AvgIpc) is 2.18. The van der Waals surface area contributed by atoms with Crippen molar-refractivity contribution in [3.05, 3.63) is 11.6 Å². The van der Waals surface area contributed by atoms with E-state index in [1.807, 2.05) is 6.92 Å². The Hall–Kier alpha value is -1.06. The lowest BCUT2D eigenvalue weighted by Gasteiger charge is -2.23. The fourth-order valence-electron chi connectivity index (χ4n) is 1.58. The molecule has 80 valence electrons. The van der Waals surface area contributed by atoms with Gasteiger partial charge in [-0.2, -0.15) is 0 Å². The number of carbonyl (C=O) groups is 1. The molecule has 1 aliphatic carbocycles. The fourth-order valence-corrected chi connectivity index (χ4v) is 1.58. The molecule has 4 heteroatoms. The second-order valence-electron chi connectivity index (χ2n) is 3.52. The summed E-state index contributed by atoms with van der Waals surface area (Å²) >= 11 is 0. The lowest BCUT2D eigenvalue weighted by molar-refractivity contribution is 0.236. The second-order valence-corrected chi connectivity index (χ2v) is 3.52. The molecule has 0 aliphatic heterocycles. The third kappa shape index (κ3) is 3.36. The minimum Gasteiger partial charge on any atom is -0.336 e. The highest BCUT2D eigenvalue weighted by Crippen LogP contribution is 2.17. The van der Waals surface area contributed by atoms with E-state index in [1.165, 1.54) is 5.57 Å². The molecule has 0 saturated carbocycles. The van der Waals surface area contributed by atoms with Crippen LogP contribution in [0.25, 0.3) is 0 Å². The minimum absolute atomic E-state index is 0.0846. The van der Waals surface area contributed by atoms with Crippen LogP contribution in [0.4, 0.5) is 9.18 Å². The monoisotopic (exact) mass is 200 g/mol. The minimum atomic E-state index is -0.521. The molecule has 1 aliphatic rings. The first kappa shape index (κ1) is 11.0. The lowest BCUT2D eigenvalue weighted by Crippen LogP contribution is -2.43. The van der Waals surface area contributed by atoms with Gasteiger partial charge >= 0.3 is 6.03 Å². The molecular weight excluding hydrogens is 183 g/mol. The predicted molar refractivity (Wildman–Crippen MR) is 53.9 cm³/mol. The molecule has 0 saturated heterocycles. The molecule has 0 fully saturated rings. The lowest BCUT2D eigenvalue weighted by atomic mass is 9.95. The van der Waals surface area contributed by atoms with Crippen molar-refractivity contribution in [3.63, 3.8) is 0 Å². The van der Waals surface area contributed by atoms with Crippen molar-refractivity contribution < 1.29 is 9.18 Å². The van der Waals surface area contributed by atoms with Crippen molar-refractivity contribution >= 4 is 6.03 Å². The first-order valence-electron chi connectivity index (χ1n) is 5.01. The Morgan fingerprint density at radius 3 is 3.14 bits per heavy atom. The first-order valence-corrected chi connectivity index (χ1v) is 5.01. The molecule has 2 N–H and O–H groups in total. The van der Waals surface area contributed by atoms with E-state index in [4.69, 9.17) is 0 Å². The van der Waals surface area contributed by atoms with Crippen LogP contribution in [0.1, 0.15) is 26.2 Å². The third-order valence-electron chi connectivity index (χ3n) is 2.40. The van der Waals surface area contributed by atoms with Crippen LogP contribution in [-0.4, -0.2) is 25.3 Å². The molecule has 0 aromatic heterocycles. The smallest absolute Gasteiger partial charge is 0.315 e. The van der Waals surface area contributed by atoms with Crippen LogP contribution < -0.4 is 10.6 Å². The topological polar surface area (TPSA) is 41.1 Å². The maximum absolute atomic E-state index is 11.8. The van der Waals surface area contributed by atoms with Gasteiger partial charge in [-0.15, -0.1) is 0 Å². The summed E-state index contributed by atoms with van der Waals surface area (Å²) in [6, 6.07) is -0.148. The Bertz CT molecular complexity index is 228. The summed E-state index contributed by atoms with van der Waals surface area (Å²) in [5, 5.41) is 5.27. The van der Waals surface area contributed by atoms with Crippen molar-refractivity contribution in [2.75, 3.05) is 13.2 Å². The van der Waals surface area contributed by atoms with E-state index in [2.05, 4.69) is 16.7 Å². The zero-order chi connectivity index (χ0) is 10.4. The number of urea groups is 1. The molecule has 1 unspecified atom stereocenters. The van der Waals surface area contributed by atoms with Crippen molar-refractivity contribution in [2.24, 2.45) is 0 Å². The highest BCUT2D eigenvalue weighted by Gasteiger charge is 2.15. The number of hydrogen-bond donors (Lipinski definition) is 2. The second kappa shape index (κ2) is 5.62. The molecule has 1 atom stereocenters. The van der Waals surface area contributed by atoms with E-state index >= 15 is 0 Å². The first-order chi connectivity index (χ1) is 6.74. The van der Waals surface area contributed by atoms with Gasteiger partial charge in [0.2, 0.25) is 0 Å². The van der Waals surface area contributed by atoms with Gasteiger partial charge in [0.25, 0.3) is 0 Å². The zero-order valence-electron chi connectivity index (χ0n) is 8.48. The van der Waals surface area contributed by atoms with Crippen LogP contribution in [0.15, 0.2) is 11.6 Å². The van der Waals surface area contributed by atoms with Gasteiger partial charge in [0.1, 0.15) is 6.67 Å². The van der Waals surface area contributed by atoms with Gasteiger partial charge < -0.3 is 10.6 Å². The average molecular weight is 200 g/mol. The number of carbonyl (C=O) groups excluding carboxylic acids is 1. The molecule has 1 rings (SSSR count). The summed E-state index contributed by atoms with van der Waals surface area (Å²) in [6.07, 6.45) is 5.32. The van der Waals surface area contributed by atoms with Crippen LogP contribution in [0.3, 0.4) is 0 Å². The van der Waals surface area contributed by atoms with Crippen molar-refractivity contribution in [1.29, 1.82) is 0 Å². The molecular formula is C10H17FN2O. The molecule has 0 spiro atoms. The highest BCUT2D eigenvalue weighted by molar-refractivity contribution is 5.74. The van der Waals surface area contributed by atoms with E-state index in [0.717, 1.165) is 19.3 Å². The molecule has 14 heavy (non-hydrogen) atoms. The Morgan fingerprint density at radius 1 is 1.71 bits per heavy atom.